The summed E-state index contributed by atoms with van der Waals surface area (Å²) in [6.07, 6.45) is 8.00. The van der Waals surface area contributed by atoms with Crippen LogP contribution in [-0.2, 0) is 4.79 Å². The number of likely N-dealkylation sites (tertiary alicyclic amines) is 1. The Kier molecular flexibility index (Phi) is 7.71. The molecule has 2 fully saturated rings. The standard InChI is InChI=1S/C22H33N3O3/c26-16-18-9-11-25(12-10-18)22(28)19-7-4-8-20(13-19)23-15-21(27)24-14-17-5-2-1-3-6-17/h4,7-8,13,17-18,23,26H,1-3,5-6,9-12,14-16H2,(H,24,27). The van der Waals surface area contributed by atoms with Crippen molar-refractivity contribution in [3.63, 3.8) is 0 Å². The van der Waals surface area contributed by atoms with Crippen molar-refractivity contribution in [2.75, 3.05) is 38.1 Å². The summed E-state index contributed by atoms with van der Waals surface area (Å²) in [7, 11) is 0. The van der Waals surface area contributed by atoms with Gasteiger partial charge >= 0.3 is 0 Å². The second-order valence-corrected chi connectivity index (χ2v) is 8.16. The van der Waals surface area contributed by atoms with E-state index in [-0.39, 0.29) is 25.0 Å². The van der Waals surface area contributed by atoms with Gasteiger partial charge < -0.3 is 20.6 Å². The molecule has 0 aromatic heterocycles. The molecule has 0 atom stereocenters. The Morgan fingerprint density at radius 2 is 1.79 bits per heavy atom. The fourth-order valence-electron chi connectivity index (χ4n) is 4.16. The molecule has 0 unspecified atom stereocenters. The van der Waals surface area contributed by atoms with Crippen LogP contribution < -0.4 is 10.6 Å². The summed E-state index contributed by atoms with van der Waals surface area (Å²) in [5, 5.41) is 15.4. The zero-order valence-electron chi connectivity index (χ0n) is 16.7. The number of aliphatic hydroxyl groups excluding tert-OH is 1. The second-order valence-electron chi connectivity index (χ2n) is 8.16. The van der Waals surface area contributed by atoms with Gasteiger partial charge in [0.1, 0.15) is 0 Å². The summed E-state index contributed by atoms with van der Waals surface area (Å²) in [4.78, 5) is 26.7. The van der Waals surface area contributed by atoms with E-state index in [4.69, 9.17) is 0 Å². The fraction of sp³-hybridized carbons (Fsp3) is 0.636. The minimum Gasteiger partial charge on any atom is -0.396 e. The molecule has 1 saturated heterocycles. The Morgan fingerprint density at radius 1 is 1.04 bits per heavy atom. The molecule has 2 amide bonds. The molecule has 1 aromatic rings. The fourth-order valence-corrected chi connectivity index (χ4v) is 4.16. The van der Waals surface area contributed by atoms with E-state index < -0.39 is 0 Å². The second kappa shape index (κ2) is 10.5. The quantitative estimate of drug-likeness (QED) is 0.672. The summed E-state index contributed by atoms with van der Waals surface area (Å²) in [6, 6.07) is 7.35. The molecule has 1 aromatic carbocycles. The van der Waals surface area contributed by atoms with Gasteiger partial charge in [0, 0.05) is 37.5 Å². The van der Waals surface area contributed by atoms with Crippen LogP contribution in [0.25, 0.3) is 0 Å². The molecule has 1 heterocycles. The van der Waals surface area contributed by atoms with Gasteiger partial charge in [0.15, 0.2) is 0 Å². The van der Waals surface area contributed by atoms with Crippen LogP contribution >= 0.6 is 0 Å². The lowest BCUT2D eigenvalue weighted by Crippen LogP contribution is -2.39. The molecule has 3 rings (SSSR count). The maximum atomic E-state index is 12.7. The van der Waals surface area contributed by atoms with Crippen LogP contribution in [0, 0.1) is 11.8 Å². The van der Waals surface area contributed by atoms with E-state index in [1.165, 1.54) is 32.1 Å². The Labute approximate surface area is 167 Å². The van der Waals surface area contributed by atoms with Crippen LogP contribution in [0.4, 0.5) is 5.69 Å². The Hall–Kier alpha value is -2.08. The van der Waals surface area contributed by atoms with Crippen molar-refractivity contribution in [3.8, 4) is 0 Å². The summed E-state index contributed by atoms with van der Waals surface area (Å²) >= 11 is 0. The number of nitrogens with zero attached hydrogens (tertiary/aromatic N) is 1. The zero-order chi connectivity index (χ0) is 19.8. The van der Waals surface area contributed by atoms with Gasteiger partial charge in [0.25, 0.3) is 5.91 Å². The molecule has 6 nitrogen and oxygen atoms in total. The number of benzene rings is 1. The molecular weight excluding hydrogens is 354 g/mol. The largest absolute Gasteiger partial charge is 0.396 e. The molecule has 1 saturated carbocycles. The first-order valence-corrected chi connectivity index (χ1v) is 10.7. The first kappa shape index (κ1) is 20.6. The summed E-state index contributed by atoms with van der Waals surface area (Å²) < 4.78 is 0. The van der Waals surface area contributed by atoms with Gasteiger partial charge in [0.05, 0.1) is 6.54 Å². The highest BCUT2D eigenvalue weighted by Gasteiger charge is 2.23. The van der Waals surface area contributed by atoms with Crippen LogP contribution in [0.3, 0.4) is 0 Å². The maximum absolute atomic E-state index is 12.7. The Morgan fingerprint density at radius 3 is 2.50 bits per heavy atom. The van der Waals surface area contributed by atoms with Crippen LogP contribution in [-0.4, -0.2) is 54.6 Å². The van der Waals surface area contributed by atoms with E-state index in [2.05, 4.69) is 10.6 Å². The van der Waals surface area contributed by atoms with Crippen molar-refractivity contribution < 1.29 is 14.7 Å². The average molecular weight is 388 g/mol. The van der Waals surface area contributed by atoms with Gasteiger partial charge in [-0.15, -0.1) is 0 Å². The number of rotatable bonds is 7. The van der Waals surface area contributed by atoms with Crippen molar-refractivity contribution in [2.24, 2.45) is 11.8 Å². The number of hydrogen-bond acceptors (Lipinski definition) is 4. The highest BCUT2D eigenvalue weighted by atomic mass is 16.3. The van der Waals surface area contributed by atoms with Gasteiger partial charge in [-0.25, -0.2) is 0 Å². The number of anilines is 1. The van der Waals surface area contributed by atoms with E-state index in [0.717, 1.165) is 25.1 Å². The summed E-state index contributed by atoms with van der Waals surface area (Å²) in [5.74, 6) is 0.938. The molecule has 1 aliphatic heterocycles. The smallest absolute Gasteiger partial charge is 0.253 e. The van der Waals surface area contributed by atoms with Crippen LogP contribution in [0.2, 0.25) is 0 Å². The van der Waals surface area contributed by atoms with E-state index in [1.54, 1.807) is 0 Å². The third-order valence-electron chi connectivity index (χ3n) is 6.04. The lowest BCUT2D eigenvalue weighted by atomic mass is 9.89. The maximum Gasteiger partial charge on any atom is 0.253 e. The minimum absolute atomic E-state index is 0.00613. The molecule has 154 valence electrons. The Balaban J connectivity index is 1.45. The molecule has 0 radical (unpaired) electrons. The predicted octanol–water partition coefficient (Wildman–Crippen LogP) is 2.64. The normalized spacial score (nSPS) is 18.7. The average Bonchev–Trinajstić information content (AvgIpc) is 2.76. The molecule has 2 aliphatic rings. The van der Waals surface area contributed by atoms with Crippen LogP contribution in [0.5, 0.6) is 0 Å². The van der Waals surface area contributed by atoms with Crippen molar-refractivity contribution >= 4 is 17.5 Å². The predicted molar refractivity (Wildman–Crippen MR) is 110 cm³/mol. The molecule has 0 spiro atoms. The van der Waals surface area contributed by atoms with Gasteiger partial charge in [0.2, 0.25) is 5.91 Å². The number of piperidine rings is 1. The third kappa shape index (κ3) is 5.96. The number of carbonyl (C=O) groups is 2. The molecular formula is C22H33N3O3. The zero-order valence-corrected chi connectivity index (χ0v) is 16.7. The summed E-state index contributed by atoms with van der Waals surface area (Å²) in [6.45, 7) is 2.55. The first-order valence-electron chi connectivity index (χ1n) is 10.7. The van der Waals surface area contributed by atoms with Crippen molar-refractivity contribution in [2.45, 2.75) is 44.9 Å². The highest BCUT2D eigenvalue weighted by Crippen LogP contribution is 2.23. The SMILES string of the molecule is O=C(CNc1cccc(C(=O)N2CCC(CO)CC2)c1)NCC1CCCCC1. The van der Waals surface area contributed by atoms with Gasteiger partial charge in [-0.2, -0.15) is 0 Å². The van der Waals surface area contributed by atoms with E-state index >= 15 is 0 Å². The molecule has 3 N–H and O–H groups in total. The third-order valence-corrected chi connectivity index (χ3v) is 6.04. The lowest BCUT2D eigenvalue weighted by Gasteiger charge is -2.31. The van der Waals surface area contributed by atoms with Crippen LogP contribution in [0.15, 0.2) is 24.3 Å². The number of nitrogens with one attached hydrogen (secondary N) is 2. The monoisotopic (exact) mass is 387 g/mol. The number of amides is 2. The van der Waals surface area contributed by atoms with E-state index in [1.807, 2.05) is 29.2 Å². The van der Waals surface area contributed by atoms with Gasteiger partial charge in [-0.05, 0) is 55.7 Å². The Bertz CT molecular complexity index is 650. The van der Waals surface area contributed by atoms with Crippen LogP contribution in [0.1, 0.15) is 55.3 Å². The molecule has 6 heteroatoms. The number of aliphatic hydroxyl groups is 1. The van der Waals surface area contributed by atoms with Gasteiger partial charge in [-0.3, -0.25) is 9.59 Å². The molecule has 1 aliphatic carbocycles. The van der Waals surface area contributed by atoms with Crippen molar-refractivity contribution in [3.05, 3.63) is 29.8 Å². The minimum atomic E-state index is -0.00613. The lowest BCUT2D eigenvalue weighted by molar-refractivity contribution is -0.119. The molecule has 0 bridgehead atoms. The van der Waals surface area contributed by atoms with Gasteiger partial charge in [-0.1, -0.05) is 25.3 Å². The topological polar surface area (TPSA) is 81.7 Å². The number of carbonyl (C=O) groups excluding carboxylic acids is 2. The number of hydrogen-bond donors (Lipinski definition) is 3. The van der Waals surface area contributed by atoms with E-state index in [0.29, 0.717) is 30.5 Å². The van der Waals surface area contributed by atoms with Crippen molar-refractivity contribution in [1.82, 2.24) is 10.2 Å². The van der Waals surface area contributed by atoms with Crippen molar-refractivity contribution in [1.29, 1.82) is 0 Å². The highest BCUT2D eigenvalue weighted by molar-refractivity contribution is 5.95. The first-order chi connectivity index (χ1) is 13.7. The molecule has 28 heavy (non-hydrogen) atoms. The summed E-state index contributed by atoms with van der Waals surface area (Å²) in [5.41, 5.74) is 1.42. The van der Waals surface area contributed by atoms with E-state index in [9.17, 15) is 14.7 Å².